The zero-order chi connectivity index (χ0) is 23.9. The number of sulfonamides is 1. The molecule has 3 aliphatic rings. The van der Waals surface area contributed by atoms with Crippen molar-refractivity contribution in [3.05, 3.63) is 41.5 Å². The number of pyridine rings is 1. The second-order valence-corrected chi connectivity index (χ2v) is 12.3. The van der Waals surface area contributed by atoms with E-state index in [4.69, 9.17) is 4.52 Å². The maximum Gasteiger partial charge on any atom is 0.273 e. The number of fused-ring (bicyclic) bond motifs is 2. The molecule has 1 aliphatic carbocycles. The predicted octanol–water partition coefficient (Wildman–Crippen LogP) is 4.04. The summed E-state index contributed by atoms with van der Waals surface area (Å²) in [6, 6.07) is 4.82. The van der Waals surface area contributed by atoms with E-state index >= 15 is 0 Å². The average molecular weight is 487 g/mol. The van der Waals surface area contributed by atoms with Crippen LogP contribution < -0.4 is 5.32 Å². The van der Waals surface area contributed by atoms with Crippen LogP contribution in [0.4, 0.5) is 0 Å². The molecule has 0 spiro atoms. The molecule has 1 amide bonds. The summed E-state index contributed by atoms with van der Waals surface area (Å²) < 4.78 is 34.8. The van der Waals surface area contributed by atoms with Gasteiger partial charge in [-0.3, -0.25) is 9.78 Å². The SMILES string of the molecule is CC(C)CCc1ncccc1S(=O)(=O)N1C2CCCC1CC(NC(=O)c1cc(C3CC3)on1)C2. The summed E-state index contributed by atoms with van der Waals surface area (Å²) in [6.45, 7) is 4.26. The summed E-state index contributed by atoms with van der Waals surface area (Å²) >= 11 is 0. The number of carbonyl (C=O) groups is 1. The first-order valence-electron chi connectivity index (χ1n) is 12.6. The fourth-order valence-corrected chi connectivity index (χ4v) is 7.55. The summed E-state index contributed by atoms with van der Waals surface area (Å²) in [4.78, 5) is 17.6. The summed E-state index contributed by atoms with van der Waals surface area (Å²) in [6.07, 6.45) is 9.22. The first kappa shape index (κ1) is 23.5. The number of piperidine rings is 2. The molecule has 2 bridgehead atoms. The fourth-order valence-electron chi connectivity index (χ4n) is 5.45. The zero-order valence-electron chi connectivity index (χ0n) is 19.9. The standard InChI is InChI=1S/C25H34N4O4S/c1-16(2)8-11-21-24(7-4-12-26-21)34(31,32)29-19-5-3-6-20(29)14-18(13-19)27-25(30)22-15-23(33-28-22)17-9-10-17/h4,7,12,15-20H,3,5-6,8-11,13-14H2,1-2H3,(H,27,30). The van der Waals surface area contributed by atoms with Crippen molar-refractivity contribution in [1.82, 2.24) is 19.8 Å². The number of nitrogens with zero attached hydrogens (tertiary/aromatic N) is 3. The Kier molecular flexibility index (Phi) is 6.50. The highest BCUT2D eigenvalue weighted by atomic mass is 32.2. The average Bonchev–Trinajstić information content (AvgIpc) is 3.53. The minimum atomic E-state index is -3.67. The number of carbonyl (C=O) groups excluding carboxylic acids is 1. The second kappa shape index (κ2) is 9.41. The van der Waals surface area contributed by atoms with E-state index in [9.17, 15) is 13.2 Å². The van der Waals surface area contributed by atoms with Crippen LogP contribution in [-0.4, -0.2) is 46.9 Å². The number of amides is 1. The van der Waals surface area contributed by atoms with Gasteiger partial charge in [0.05, 0.1) is 5.69 Å². The third kappa shape index (κ3) is 4.77. The fraction of sp³-hybridized carbons (Fsp3) is 0.640. The van der Waals surface area contributed by atoms with Crippen molar-refractivity contribution < 1.29 is 17.7 Å². The van der Waals surface area contributed by atoms with Crippen LogP contribution in [0.5, 0.6) is 0 Å². The highest BCUT2D eigenvalue weighted by Crippen LogP contribution is 2.41. The van der Waals surface area contributed by atoms with Gasteiger partial charge >= 0.3 is 0 Å². The van der Waals surface area contributed by atoms with Gasteiger partial charge in [-0.2, -0.15) is 4.31 Å². The normalized spacial score (nSPS) is 25.4. The molecule has 5 rings (SSSR count). The topological polar surface area (TPSA) is 105 Å². The van der Waals surface area contributed by atoms with Gasteiger partial charge in [0.1, 0.15) is 10.7 Å². The lowest BCUT2D eigenvalue weighted by atomic mass is 9.84. The highest BCUT2D eigenvalue weighted by molar-refractivity contribution is 7.89. The molecule has 2 aromatic rings. The number of hydrogen-bond donors (Lipinski definition) is 1. The van der Waals surface area contributed by atoms with Crippen molar-refractivity contribution in [2.24, 2.45) is 5.92 Å². The van der Waals surface area contributed by atoms with Crippen LogP contribution in [0.15, 0.2) is 33.8 Å². The van der Waals surface area contributed by atoms with E-state index < -0.39 is 10.0 Å². The maximum atomic E-state index is 13.9. The molecule has 184 valence electrons. The predicted molar refractivity (Wildman–Crippen MR) is 127 cm³/mol. The first-order chi connectivity index (χ1) is 16.3. The van der Waals surface area contributed by atoms with Gasteiger partial charge in [0.2, 0.25) is 10.0 Å². The molecule has 8 nitrogen and oxygen atoms in total. The van der Waals surface area contributed by atoms with Gasteiger partial charge in [0.25, 0.3) is 5.91 Å². The zero-order valence-corrected chi connectivity index (χ0v) is 20.8. The van der Waals surface area contributed by atoms with E-state index in [1.807, 2.05) is 0 Å². The third-order valence-electron chi connectivity index (χ3n) is 7.35. The van der Waals surface area contributed by atoms with E-state index in [1.54, 1.807) is 28.7 Å². The van der Waals surface area contributed by atoms with Gasteiger partial charge in [0, 0.05) is 36.3 Å². The number of hydrogen-bond acceptors (Lipinski definition) is 6. The van der Waals surface area contributed by atoms with Crippen LogP contribution in [0.1, 0.15) is 93.1 Å². The van der Waals surface area contributed by atoms with Crippen molar-refractivity contribution in [2.75, 3.05) is 0 Å². The molecule has 0 radical (unpaired) electrons. The van der Waals surface area contributed by atoms with Gasteiger partial charge in [-0.05, 0) is 69.4 Å². The smallest absolute Gasteiger partial charge is 0.273 e. The van der Waals surface area contributed by atoms with Crippen LogP contribution in [0.2, 0.25) is 0 Å². The minimum absolute atomic E-state index is 0.0790. The van der Waals surface area contributed by atoms with Crippen molar-refractivity contribution in [3.63, 3.8) is 0 Å². The molecule has 9 heteroatoms. The van der Waals surface area contributed by atoms with E-state index in [2.05, 4.69) is 29.3 Å². The van der Waals surface area contributed by atoms with Crippen LogP contribution in [0, 0.1) is 5.92 Å². The van der Waals surface area contributed by atoms with Crippen molar-refractivity contribution in [3.8, 4) is 0 Å². The second-order valence-electron chi connectivity index (χ2n) is 10.5. The van der Waals surface area contributed by atoms with Crippen LogP contribution >= 0.6 is 0 Å². The minimum Gasteiger partial charge on any atom is -0.360 e. The Balaban J connectivity index is 1.31. The van der Waals surface area contributed by atoms with Gasteiger partial charge in [-0.15, -0.1) is 0 Å². The number of aryl methyl sites for hydroxylation is 1. The van der Waals surface area contributed by atoms with Crippen molar-refractivity contribution in [1.29, 1.82) is 0 Å². The quantitative estimate of drug-likeness (QED) is 0.604. The molecule has 2 unspecified atom stereocenters. The van der Waals surface area contributed by atoms with E-state index in [0.29, 0.717) is 47.4 Å². The van der Waals surface area contributed by atoms with Gasteiger partial charge < -0.3 is 9.84 Å². The molecule has 2 aliphatic heterocycles. The molecule has 1 N–H and O–H groups in total. The van der Waals surface area contributed by atoms with E-state index in [0.717, 1.165) is 44.3 Å². The molecule has 2 atom stereocenters. The van der Waals surface area contributed by atoms with Gasteiger partial charge in [-0.25, -0.2) is 8.42 Å². The molecule has 0 aromatic carbocycles. The third-order valence-corrected chi connectivity index (χ3v) is 9.42. The Morgan fingerprint density at radius 2 is 1.94 bits per heavy atom. The largest absolute Gasteiger partial charge is 0.360 e. The number of rotatable bonds is 8. The number of nitrogens with one attached hydrogen (secondary N) is 1. The molecule has 2 aromatic heterocycles. The van der Waals surface area contributed by atoms with Gasteiger partial charge in [-0.1, -0.05) is 25.4 Å². The lowest BCUT2D eigenvalue weighted by Crippen LogP contribution is -2.58. The lowest BCUT2D eigenvalue weighted by Gasteiger charge is -2.47. The van der Waals surface area contributed by atoms with E-state index in [-0.39, 0.29) is 24.0 Å². The Morgan fingerprint density at radius 1 is 1.21 bits per heavy atom. The molecular weight excluding hydrogens is 452 g/mol. The molecular formula is C25H34N4O4S. The molecule has 2 saturated heterocycles. The summed E-state index contributed by atoms with van der Waals surface area (Å²) in [5, 5.41) is 7.05. The summed E-state index contributed by atoms with van der Waals surface area (Å²) in [5.74, 6) is 1.42. The maximum absolute atomic E-state index is 13.9. The highest BCUT2D eigenvalue weighted by Gasteiger charge is 2.46. The van der Waals surface area contributed by atoms with Crippen LogP contribution in [-0.2, 0) is 16.4 Å². The Labute approximate surface area is 201 Å². The molecule has 34 heavy (non-hydrogen) atoms. The van der Waals surface area contributed by atoms with Crippen LogP contribution in [0.3, 0.4) is 0 Å². The summed E-state index contributed by atoms with van der Waals surface area (Å²) in [7, 11) is -3.67. The Morgan fingerprint density at radius 3 is 2.62 bits per heavy atom. The molecule has 4 heterocycles. The Bertz CT molecular complexity index is 1130. The molecule has 3 fully saturated rings. The first-order valence-corrected chi connectivity index (χ1v) is 14.0. The number of aromatic nitrogens is 2. The summed E-state index contributed by atoms with van der Waals surface area (Å²) in [5.41, 5.74) is 0.967. The molecule has 1 saturated carbocycles. The van der Waals surface area contributed by atoms with Gasteiger partial charge in [0.15, 0.2) is 5.69 Å². The lowest BCUT2D eigenvalue weighted by molar-refractivity contribution is 0.0789. The van der Waals surface area contributed by atoms with Crippen molar-refractivity contribution in [2.45, 2.75) is 101 Å². The van der Waals surface area contributed by atoms with Crippen LogP contribution in [0.25, 0.3) is 0 Å². The Hall–Kier alpha value is -2.26. The monoisotopic (exact) mass is 486 g/mol. The van der Waals surface area contributed by atoms with Crippen molar-refractivity contribution >= 4 is 15.9 Å². The van der Waals surface area contributed by atoms with E-state index in [1.165, 1.54) is 0 Å².